The highest BCUT2D eigenvalue weighted by Gasteiger charge is 2.25. The van der Waals surface area contributed by atoms with Crippen molar-refractivity contribution in [3.63, 3.8) is 0 Å². The van der Waals surface area contributed by atoms with Crippen molar-refractivity contribution in [1.82, 2.24) is 9.80 Å². The van der Waals surface area contributed by atoms with Gasteiger partial charge in [0.1, 0.15) is 5.82 Å². The lowest BCUT2D eigenvalue weighted by Gasteiger charge is -2.25. The van der Waals surface area contributed by atoms with Gasteiger partial charge in [0.05, 0.1) is 12.1 Å². The number of nitrogens with zero attached hydrogens (tertiary/aromatic N) is 2. The number of carboxylic acids is 1. The van der Waals surface area contributed by atoms with Crippen LogP contribution in [-0.4, -0.2) is 59.5 Å². The van der Waals surface area contributed by atoms with E-state index < -0.39 is 11.8 Å². The third-order valence-electron chi connectivity index (χ3n) is 4.15. The number of likely N-dealkylation sites (N-methyl/N-ethyl adjacent to an activating group) is 1. The summed E-state index contributed by atoms with van der Waals surface area (Å²) in [6.07, 6.45) is 2.25. The summed E-state index contributed by atoms with van der Waals surface area (Å²) in [5.74, 6) is -1.83. The molecule has 23 heavy (non-hydrogen) atoms. The molecule has 0 bridgehead atoms. The van der Waals surface area contributed by atoms with Crippen molar-refractivity contribution in [3.05, 3.63) is 34.6 Å². The maximum Gasteiger partial charge on any atom is 0.317 e. The SMILES string of the molecule is CN(CC(=O)O)C1CCCN(C(=O)c2ccc(Cl)cc2F)CC1. The summed E-state index contributed by atoms with van der Waals surface area (Å²) in [4.78, 5) is 26.7. The maximum atomic E-state index is 13.9. The van der Waals surface area contributed by atoms with Crippen molar-refractivity contribution >= 4 is 23.5 Å². The largest absolute Gasteiger partial charge is 0.480 e. The summed E-state index contributed by atoms with van der Waals surface area (Å²) < 4.78 is 13.9. The summed E-state index contributed by atoms with van der Waals surface area (Å²) in [6, 6.07) is 4.15. The number of hydrogen-bond donors (Lipinski definition) is 1. The number of carbonyl (C=O) groups is 2. The van der Waals surface area contributed by atoms with E-state index in [1.54, 1.807) is 16.8 Å². The second-order valence-electron chi connectivity index (χ2n) is 5.81. The lowest BCUT2D eigenvalue weighted by atomic mass is 10.1. The fourth-order valence-corrected chi connectivity index (χ4v) is 3.06. The van der Waals surface area contributed by atoms with Gasteiger partial charge in [0.25, 0.3) is 5.91 Å². The molecule has 2 rings (SSSR count). The van der Waals surface area contributed by atoms with E-state index in [9.17, 15) is 14.0 Å². The Hall–Kier alpha value is -1.66. The van der Waals surface area contributed by atoms with Gasteiger partial charge in [0.15, 0.2) is 0 Å². The number of halogens is 2. The molecule has 0 aromatic heterocycles. The molecule has 1 fully saturated rings. The molecular weight excluding hydrogens is 323 g/mol. The van der Waals surface area contributed by atoms with Gasteiger partial charge in [-0.25, -0.2) is 4.39 Å². The third-order valence-corrected chi connectivity index (χ3v) is 4.39. The highest BCUT2D eigenvalue weighted by Crippen LogP contribution is 2.20. The van der Waals surface area contributed by atoms with E-state index in [0.29, 0.717) is 19.5 Å². The maximum absolute atomic E-state index is 13.9. The van der Waals surface area contributed by atoms with Crippen LogP contribution in [0.1, 0.15) is 29.6 Å². The fraction of sp³-hybridized carbons (Fsp3) is 0.500. The number of amides is 1. The molecule has 126 valence electrons. The van der Waals surface area contributed by atoms with Crippen molar-refractivity contribution in [2.24, 2.45) is 0 Å². The van der Waals surface area contributed by atoms with Crippen LogP contribution in [0.5, 0.6) is 0 Å². The minimum atomic E-state index is -0.868. The van der Waals surface area contributed by atoms with E-state index >= 15 is 0 Å². The minimum absolute atomic E-state index is 0.0201. The van der Waals surface area contributed by atoms with Crippen molar-refractivity contribution in [2.45, 2.75) is 25.3 Å². The van der Waals surface area contributed by atoms with Gasteiger partial charge in [0.2, 0.25) is 0 Å². The third kappa shape index (κ3) is 4.65. The van der Waals surface area contributed by atoms with Crippen molar-refractivity contribution < 1.29 is 19.1 Å². The molecular formula is C16H20ClFN2O3. The van der Waals surface area contributed by atoms with Gasteiger partial charge in [-0.3, -0.25) is 14.5 Å². The van der Waals surface area contributed by atoms with Crippen molar-refractivity contribution in [3.8, 4) is 0 Å². The molecule has 0 spiro atoms. The van der Waals surface area contributed by atoms with Gasteiger partial charge < -0.3 is 10.0 Å². The van der Waals surface area contributed by atoms with Crippen LogP contribution in [0.25, 0.3) is 0 Å². The lowest BCUT2D eigenvalue weighted by molar-refractivity contribution is -0.138. The quantitative estimate of drug-likeness (QED) is 0.913. The number of rotatable bonds is 4. The average molecular weight is 343 g/mol. The number of aliphatic carboxylic acids is 1. The highest BCUT2D eigenvalue weighted by molar-refractivity contribution is 6.30. The van der Waals surface area contributed by atoms with Gasteiger partial charge in [0, 0.05) is 24.2 Å². The van der Waals surface area contributed by atoms with E-state index in [4.69, 9.17) is 16.7 Å². The minimum Gasteiger partial charge on any atom is -0.480 e. The first kappa shape index (κ1) is 17.7. The lowest BCUT2D eigenvalue weighted by Crippen LogP contribution is -2.37. The zero-order valence-corrected chi connectivity index (χ0v) is 13.7. The number of benzene rings is 1. The molecule has 1 aliphatic rings. The van der Waals surface area contributed by atoms with Crippen LogP contribution in [0, 0.1) is 5.82 Å². The van der Waals surface area contributed by atoms with Crippen LogP contribution in [0.4, 0.5) is 4.39 Å². The van der Waals surface area contributed by atoms with Gasteiger partial charge in [-0.1, -0.05) is 11.6 Å². The molecule has 0 aliphatic carbocycles. The van der Waals surface area contributed by atoms with Gasteiger partial charge >= 0.3 is 5.97 Å². The fourth-order valence-electron chi connectivity index (χ4n) is 2.90. The molecule has 1 aromatic rings. The molecule has 1 N–H and O–H groups in total. The van der Waals surface area contributed by atoms with Gasteiger partial charge in [-0.05, 0) is 44.5 Å². The molecule has 0 saturated carbocycles. The predicted molar refractivity (Wildman–Crippen MR) is 85.2 cm³/mol. The van der Waals surface area contributed by atoms with Crippen molar-refractivity contribution in [2.75, 3.05) is 26.7 Å². The van der Waals surface area contributed by atoms with Gasteiger partial charge in [-0.15, -0.1) is 0 Å². The topological polar surface area (TPSA) is 60.9 Å². The molecule has 1 aliphatic heterocycles. The van der Waals surface area contributed by atoms with Crippen LogP contribution in [0.15, 0.2) is 18.2 Å². The first-order chi connectivity index (χ1) is 10.9. The first-order valence-corrected chi connectivity index (χ1v) is 7.92. The number of carboxylic acid groups (broad SMARTS) is 1. The Morgan fingerprint density at radius 3 is 2.78 bits per heavy atom. The van der Waals surface area contributed by atoms with Gasteiger partial charge in [-0.2, -0.15) is 0 Å². The molecule has 1 saturated heterocycles. The van der Waals surface area contributed by atoms with Crippen LogP contribution in [-0.2, 0) is 4.79 Å². The van der Waals surface area contributed by atoms with E-state index in [2.05, 4.69) is 0 Å². The molecule has 0 radical (unpaired) electrons. The smallest absolute Gasteiger partial charge is 0.317 e. The molecule has 1 amide bonds. The Morgan fingerprint density at radius 1 is 1.39 bits per heavy atom. The Bertz CT molecular complexity index is 597. The monoisotopic (exact) mass is 342 g/mol. The zero-order valence-electron chi connectivity index (χ0n) is 13.0. The second kappa shape index (κ2) is 7.75. The Balaban J connectivity index is 2.02. The van der Waals surface area contributed by atoms with Crippen LogP contribution in [0.3, 0.4) is 0 Å². The first-order valence-electron chi connectivity index (χ1n) is 7.55. The van der Waals surface area contributed by atoms with E-state index in [-0.39, 0.29) is 29.1 Å². The van der Waals surface area contributed by atoms with E-state index in [1.807, 2.05) is 0 Å². The Kier molecular flexibility index (Phi) is 5.96. The average Bonchev–Trinajstić information content (AvgIpc) is 2.71. The standard InChI is InChI=1S/C16H20ClFN2O3/c1-19(10-15(21)22)12-3-2-7-20(8-6-12)16(23)13-5-4-11(17)9-14(13)18/h4-5,9,12H,2-3,6-8,10H2,1H3,(H,21,22). The van der Waals surface area contributed by atoms with Crippen LogP contribution < -0.4 is 0 Å². The molecule has 7 heteroatoms. The second-order valence-corrected chi connectivity index (χ2v) is 6.25. The van der Waals surface area contributed by atoms with Crippen LogP contribution >= 0.6 is 11.6 Å². The molecule has 1 atom stereocenters. The summed E-state index contributed by atoms with van der Waals surface area (Å²) >= 11 is 5.71. The van der Waals surface area contributed by atoms with E-state index in [1.165, 1.54) is 12.1 Å². The predicted octanol–water partition coefficient (Wildman–Crippen LogP) is 2.49. The number of likely N-dealkylation sites (tertiary alicyclic amines) is 1. The van der Waals surface area contributed by atoms with E-state index in [0.717, 1.165) is 18.9 Å². The summed E-state index contributed by atoms with van der Waals surface area (Å²) in [6.45, 7) is 0.998. The molecule has 1 unspecified atom stereocenters. The van der Waals surface area contributed by atoms with Crippen molar-refractivity contribution in [1.29, 1.82) is 0 Å². The Morgan fingerprint density at radius 2 is 2.13 bits per heavy atom. The summed E-state index contributed by atoms with van der Waals surface area (Å²) in [7, 11) is 1.77. The normalized spacial score (nSPS) is 18.8. The number of carbonyl (C=O) groups excluding carboxylic acids is 1. The molecule has 5 nitrogen and oxygen atoms in total. The Labute approximate surface area is 139 Å². The summed E-state index contributed by atoms with van der Waals surface area (Å²) in [5.41, 5.74) is 0.0201. The molecule has 1 heterocycles. The highest BCUT2D eigenvalue weighted by atomic mass is 35.5. The molecule has 1 aromatic carbocycles. The number of hydrogen-bond acceptors (Lipinski definition) is 3. The zero-order chi connectivity index (χ0) is 17.0. The summed E-state index contributed by atoms with van der Waals surface area (Å²) in [5, 5.41) is 9.12. The van der Waals surface area contributed by atoms with Crippen LogP contribution in [0.2, 0.25) is 5.02 Å².